The third-order valence-electron chi connectivity index (χ3n) is 5.19. The normalized spacial score (nSPS) is 10.7. The molecule has 4 aromatic rings. The Morgan fingerprint density at radius 1 is 1.09 bits per heavy atom. The number of para-hydroxylation sites is 1. The van der Waals surface area contributed by atoms with Gasteiger partial charge in [0.05, 0.1) is 21.8 Å². The molecule has 8 heteroatoms. The topological polar surface area (TPSA) is 78.1 Å². The number of carbonyl (C=O) groups is 2. The van der Waals surface area contributed by atoms with Crippen molar-refractivity contribution in [3.8, 4) is 11.3 Å². The summed E-state index contributed by atoms with van der Waals surface area (Å²) >= 11 is 1.35. The first-order valence-corrected chi connectivity index (χ1v) is 11.4. The molecule has 0 aliphatic heterocycles. The van der Waals surface area contributed by atoms with Crippen molar-refractivity contribution in [1.82, 2.24) is 15.1 Å². The summed E-state index contributed by atoms with van der Waals surface area (Å²) in [6.07, 6.45) is 1.41. The molecule has 168 valence electrons. The van der Waals surface area contributed by atoms with Crippen LogP contribution in [0.3, 0.4) is 0 Å². The molecular formula is C25H23FN4O2S. The SMILES string of the molecule is CN(CCCc1cc(-c2cccc(F)c2)n[nH]1)C(=O)c1ccccc1NC(=O)c1cccs1. The third kappa shape index (κ3) is 5.53. The number of nitrogens with zero attached hydrogens (tertiary/aromatic N) is 2. The van der Waals surface area contributed by atoms with Gasteiger partial charge >= 0.3 is 0 Å². The van der Waals surface area contributed by atoms with Gasteiger partial charge in [-0.25, -0.2) is 4.39 Å². The number of nitrogens with one attached hydrogen (secondary N) is 2. The molecule has 2 aromatic carbocycles. The predicted octanol–water partition coefficient (Wildman–Crippen LogP) is 5.23. The van der Waals surface area contributed by atoms with Crippen molar-refractivity contribution >= 4 is 28.8 Å². The van der Waals surface area contributed by atoms with Crippen molar-refractivity contribution < 1.29 is 14.0 Å². The van der Waals surface area contributed by atoms with Crippen LogP contribution >= 0.6 is 11.3 Å². The van der Waals surface area contributed by atoms with Crippen molar-refractivity contribution in [2.75, 3.05) is 18.9 Å². The van der Waals surface area contributed by atoms with Gasteiger partial charge in [0.1, 0.15) is 5.82 Å². The number of aryl methyl sites for hydroxylation is 1. The van der Waals surface area contributed by atoms with E-state index in [0.717, 1.165) is 12.1 Å². The van der Waals surface area contributed by atoms with Gasteiger partial charge in [0, 0.05) is 24.8 Å². The van der Waals surface area contributed by atoms with E-state index in [9.17, 15) is 14.0 Å². The minimum atomic E-state index is -0.302. The Morgan fingerprint density at radius 3 is 2.73 bits per heavy atom. The number of hydrogen-bond donors (Lipinski definition) is 2. The van der Waals surface area contributed by atoms with Crippen LogP contribution in [0.2, 0.25) is 0 Å². The highest BCUT2D eigenvalue weighted by molar-refractivity contribution is 7.12. The van der Waals surface area contributed by atoms with E-state index in [-0.39, 0.29) is 17.6 Å². The van der Waals surface area contributed by atoms with Gasteiger partial charge in [-0.1, -0.05) is 30.3 Å². The lowest BCUT2D eigenvalue weighted by Gasteiger charge is -2.19. The summed E-state index contributed by atoms with van der Waals surface area (Å²) in [7, 11) is 1.74. The molecule has 2 heterocycles. The molecule has 0 spiro atoms. The van der Waals surface area contributed by atoms with Gasteiger partial charge in [0.25, 0.3) is 11.8 Å². The predicted molar refractivity (Wildman–Crippen MR) is 128 cm³/mol. The van der Waals surface area contributed by atoms with E-state index in [1.807, 2.05) is 23.6 Å². The Hall–Kier alpha value is -3.78. The molecule has 0 fully saturated rings. The molecule has 0 radical (unpaired) electrons. The summed E-state index contributed by atoms with van der Waals surface area (Å²) in [4.78, 5) is 27.7. The van der Waals surface area contributed by atoms with Crippen LogP contribution in [-0.2, 0) is 6.42 Å². The van der Waals surface area contributed by atoms with E-state index in [4.69, 9.17) is 0 Å². The van der Waals surface area contributed by atoms with Gasteiger partial charge in [-0.15, -0.1) is 11.3 Å². The number of hydrogen-bond acceptors (Lipinski definition) is 4. The molecule has 4 rings (SSSR count). The fraction of sp³-hybridized carbons (Fsp3) is 0.160. The zero-order chi connectivity index (χ0) is 23.2. The fourth-order valence-electron chi connectivity index (χ4n) is 3.47. The Bertz CT molecular complexity index is 1250. The summed E-state index contributed by atoms with van der Waals surface area (Å²) in [5, 5.41) is 11.9. The van der Waals surface area contributed by atoms with Gasteiger partial charge in [0.2, 0.25) is 0 Å². The summed E-state index contributed by atoms with van der Waals surface area (Å²) in [5.74, 6) is -0.701. The van der Waals surface area contributed by atoms with Crippen LogP contribution in [0.5, 0.6) is 0 Å². The van der Waals surface area contributed by atoms with Gasteiger partial charge in [-0.2, -0.15) is 5.10 Å². The maximum absolute atomic E-state index is 13.4. The van der Waals surface area contributed by atoms with Crippen LogP contribution in [0.1, 0.15) is 32.1 Å². The Balaban J connectivity index is 1.34. The Kier molecular flexibility index (Phi) is 6.95. The first kappa shape index (κ1) is 22.4. The molecule has 2 aromatic heterocycles. The molecule has 0 bridgehead atoms. The lowest BCUT2D eigenvalue weighted by molar-refractivity contribution is 0.0794. The number of H-pyrrole nitrogens is 1. The van der Waals surface area contributed by atoms with E-state index in [1.54, 1.807) is 48.3 Å². The molecule has 33 heavy (non-hydrogen) atoms. The molecule has 0 saturated heterocycles. The highest BCUT2D eigenvalue weighted by Gasteiger charge is 2.18. The number of aromatic amines is 1. The van der Waals surface area contributed by atoms with Gasteiger partial charge in [-0.05, 0) is 54.6 Å². The number of carbonyl (C=O) groups excluding carboxylic acids is 2. The van der Waals surface area contributed by atoms with E-state index < -0.39 is 0 Å². The fourth-order valence-corrected chi connectivity index (χ4v) is 4.09. The van der Waals surface area contributed by atoms with Crippen molar-refractivity contribution in [3.05, 3.63) is 94.1 Å². The first-order valence-electron chi connectivity index (χ1n) is 10.5. The molecule has 0 aliphatic rings. The third-order valence-corrected chi connectivity index (χ3v) is 6.06. The maximum Gasteiger partial charge on any atom is 0.265 e. The van der Waals surface area contributed by atoms with E-state index >= 15 is 0 Å². The van der Waals surface area contributed by atoms with Crippen LogP contribution in [-0.4, -0.2) is 40.5 Å². The maximum atomic E-state index is 13.4. The quantitative estimate of drug-likeness (QED) is 0.376. The standard InChI is InChI=1S/C25H23FN4O2S/c1-30(13-5-9-19-16-22(29-28-19)17-7-4-8-18(26)15-17)25(32)20-10-2-3-11-21(20)27-24(31)23-12-6-14-33-23/h2-4,6-8,10-12,14-16H,5,9,13H2,1H3,(H,27,31)(H,28,29). The van der Waals surface area contributed by atoms with Crippen molar-refractivity contribution in [3.63, 3.8) is 0 Å². The van der Waals surface area contributed by atoms with Gasteiger partial charge in [-0.3, -0.25) is 14.7 Å². The highest BCUT2D eigenvalue weighted by Crippen LogP contribution is 2.21. The van der Waals surface area contributed by atoms with Crippen molar-refractivity contribution in [1.29, 1.82) is 0 Å². The lowest BCUT2D eigenvalue weighted by Crippen LogP contribution is -2.29. The minimum Gasteiger partial charge on any atom is -0.342 e. The van der Waals surface area contributed by atoms with Gasteiger partial charge in [0.15, 0.2) is 0 Å². The number of halogens is 1. The zero-order valence-corrected chi connectivity index (χ0v) is 18.9. The smallest absolute Gasteiger partial charge is 0.265 e. The van der Waals surface area contributed by atoms with Crippen LogP contribution in [0.4, 0.5) is 10.1 Å². The first-order chi connectivity index (χ1) is 16.0. The summed E-state index contributed by atoms with van der Waals surface area (Å²) in [6.45, 7) is 0.528. The molecule has 6 nitrogen and oxygen atoms in total. The van der Waals surface area contributed by atoms with Crippen LogP contribution in [0.25, 0.3) is 11.3 Å². The number of amides is 2. The number of aromatic nitrogens is 2. The molecule has 0 unspecified atom stereocenters. The second-order valence-corrected chi connectivity index (χ2v) is 8.54. The summed E-state index contributed by atoms with van der Waals surface area (Å²) in [6, 6.07) is 18.8. The monoisotopic (exact) mass is 462 g/mol. The Morgan fingerprint density at radius 2 is 1.94 bits per heavy atom. The largest absolute Gasteiger partial charge is 0.342 e. The molecule has 0 saturated carbocycles. The highest BCUT2D eigenvalue weighted by atomic mass is 32.1. The van der Waals surface area contributed by atoms with Crippen molar-refractivity contribution in [2.24, 2.45) is 0 Å². The minimum absolute atomic E-state index is 0.165. The molecule has 0 aliphatic carbocycles. The van der Waals surface area contributed by atoms with Crippen molar-refractivity contribution in [2.45, 2.75) is 12.8 Å². The second-order valence-electron chi connectivity index (χ2n) is 7.60. The van der Waals surface area contributed by atoms with E-state index in [2.05, 4.69) is 15.5 Å². The van der Waals surface area contributed by atoms with Crippen LogP contribution in [0.15, 0.2) is 72.1 Å². The number of benzene rings is 2. The zero-order valence-electron chi connectivity index (χ0n) is 18.0. The van der Waals surface area contributed by atoms with E-state index in [1.165, 1.54) is 23.5 Å². The lowest BCUT2D eigenvalue weighted by atomic mass is 10.1. The number of anilines is 1. The molecule has 2 amide bonds. The second kappa shape index (κ2) is 10.2. The van der Waals surface area contributed by atoms with E-state index in [0.29, 0.717) is 40.4 Å². The molecule has 2 N–H and O–H groups in total. The summed E-state index contributed by atoms with van der Waals surface area (Å²) < 4.78 is 13.4. The number of rotatable bonds is 8. The summed E-state index contributed by atoms with van der Waals surface area (Å²) in [5.41, 5.74) is 3.25. The Labute approximate surface area is 195 Å². The molecular weight excluding hydrogens is 439 g/mol. The number of thiophene rings is 1. The van der Waals surface area contributed by atoms with Crippen LogP contribution < -0.4 is 5.32 Å². The average Bonchev–Trinajstić information content (AvgIpc) is 3.52. The van der Waals surface area contributed by atoms with Crippen LogP contribution in [0, 0.1) is 5.82 Å². The molecule has 0 atom stereocenters. The average molecular weight is 463 g/mol. The van der Waals surface area contributed by atoms with Gasteiger partial charge < -0.3 is 10.2 Å².